The highest BCUT2D eigenvalue weighted by Crippen LogP contribution is 2.34. The third kappa shape index (κ3) is 4.22. The Balaban J connectivity index is 1.77. The van der Waals surface area contributed by atoms with Gasteiger partial charge in [-0.25, -0.2) is 4.39 Å². The predicted molar refractivity (Wildman–Crippen MR) is 115 cm³/mol. The molecule has 30 heavy (non-hydrogen) atoms. The summed E-state index contributed by atoms with van der Waals surface area (Å²) in [7, 11) is 0. The number of hydrogen-bond acceptors (Lipinski definition) is 5. The minimum atomic E-state index is -0.434. The Labute approximate surface area is 174 Å². The highest BCUT2D eigenvalue weighted by molar-refractivity contribution is 5.85. The van der Waals surface area contributed by atoms with Crippen molar-refractivity contribution in [2.45, 2.75) is 69.9 Å². The molecular weight excluding hydrogens is 387 g/mol. The number of ether oxygens (including phenoxy) is 1. The Bertz CT molecular complexity index is 992. The number of nitrogens with one attached hydrogen (secondary N) is 1. The van der Waals surface area contributed by atoms with Crippen molar-refractivity contribution < 1.29 is 14.3 Å². The standard InChI is InChI=1S/C22H29FN4O3/c23-17-10-16-19(11-18(17)25-14-6-2-1-3-7-14)27(15-8-4-5-9-15)12-20(22(16)28)30-13-21(24)26-29/h10-12,14-15,25,29H,1-9,13H2,(H2,24,26). The molecule has 1 aromatic heterocycles. The van der Waals surface area contributed by atoms with E-state index in [1.807, 2.05) is 4.57 Å². The fraction of sp³-hybridized carbons (Fsp3) is 0.545. The van der Waals surface area contributed by atoms with Crippen molar-refractivity contribution in [3.63, 3.8) is 0 Å². The van der Waals surface area contributed by atoms with Gasteiger partial charge in [-0.2, -0.15) is 0 Å². The number of nitrogens with two attached hydrogens (primary N) is 1. The molecule has 2 aromatic rings. The van der Waals surface area contributed by atoms with Crippen molar-refractivity contribution in [2.75, 3.05) is 11.9 Å². The van der Waals surface area contributed by atoms with Gasteiger partial charge >= 0.3 is 0 Å². The maximum absolute atomic E-state index is 14.9. The zero-order valence-corrected chi connectivity index (χ0v) is 17.1. The van der Waals surface area contributed by atoms with Crippen LogP contribution in [0.25, 0.3) is 10.9 Å². The molecule has 0 unspecified atom stereocenters. The van der Waals surface area contributed by atoms with E-state index in [-0.39, 0.29) is 35.7 Å². The summed E-state index contributed by atoms with van der Waals surface area (Å²) in [5, 5.41) is 15.2. The molecule has 2 aliphatic carbocycles. The predicted octanol–water partition coefficient (Wildman–Crippen LogP) is 4.13. The van der Waals surface area contributed by atoms with Gasteiger partial charge in [0.25, 0.3) is 0 Å². The van der Waals surface area contributed by atoms with Crippen LogP contribution in [0.3, 0.4) is 0 Å². The molecule has 0 aliphatic heterocycles. The molecule has 1 aromatic carbocycles. The van der Waals surface area contributed by atoms with E-state index in [4.69, 9.17) is 15.7 Å². The maximum atomic E-state index is 14.9. The number of aromatic nitrogens is 1. The van der Waals surface area contributed by atoms with Gasteiger partial charge in [0.15, 0.2) is 11.6 Å². The second-order valence-electron chi connectivity index (χ2n) is 8.38. The summed E-state index contributed by atoms with van der Waals surface area (Å²) >= 11 is 0. The number of pyridine rings is 1. The molecule has 2 saturated carbocycles. The molecule has 8 heteroatoms. The molecule has 1 heterocycles. The first kappa shape index (κ1) is 20.5. The molecule has 4 rings (SSSR count). The number of hydrogen-bond donors (Lipinski definition) is 3. The van der Waals surface area contributed by atoms with Gasteiger partial charge in [-0.05, 0) is 37.8 Å². The van der Waals surface area contributed by atoms with Gasteiger partial charge in [0.05, 0.1) is 22.8 Å². The molecule has 4 N–H and O–H groups in total. The van der Waals surface area contributed by atoms with E-state index < -0.39 is 11.2 Å². The van der Waals surface area contributed by atoms with Crippen LogP contribution in [0.2, 0.25) is 0 Å². The number of halogens is 1. The summed E-state index contributed by atoms with van der Waals surface area (Å²) in [5.41, 5.74) is 6.24. The number of anilines is 1. The SMILES string of the molecule is NC(COc1cn(C2CCCC2)c2cc(NC3CCCCC3)c(F)cc2c1=O)=NO. The van der Waals surface area contributed by atoms with E-state index in [0.717, 1.165) is 51.4 Å². The fourth-order valence-corrected chi connectivity index (χ4v) is 4.69. The Morgan fingerprint density at radius 1 is 1.20 bits per heavy atom. The average molecular weight is 416 g/mol. The van der Waals surface area contributed by atoms with Crippen molar-refractivity contribution >= 4 is 22.4 Å². The van der Waals surface area contributed by atoms with Crippen LogP contribution in [0.15, 0.2) is 28.3 Å². The number of amidine groups is 1. The number of oxime groups is 1. The first-order valence-corrected chi connectivity index (χ1v) is 10.8. The maximum Gasteiger partial charge on any atom is 0.231 e. The summed E-state index contributed by atoms with van der Waals surface area (Å²) < 4.78 is 22.5. The van der Waals surface area contributed by atoms with Crippen LogP contribution < -0.4 is 21.2 Å². The first-order valence-electron chi connectivity index (χ1n) is 10.8. The Kier molecular flexibility index (Phi) is 6.11. The second kappa shape index (κ2) is 8.93. The molecule has 0 spiro atoms. The first-order chi connectivity index (χ1) is 14.6. The molecule has 162 valence electrons. The molecule has 0 bridgehead atoms. The van der Waals surface area contributed by atoms with E-state index in [1.54, 1.807) is 12.3 Å². The smallest absolute Gasteiger partial charge is 0.231 e. The van der Waals surface area contributed by atoms with E-state index in [1.165, 1.54) is 12.5 Å². The third-order valence-corrected chi connectivity index (χ3v) is 6.28. The van der Waals surface area contributed by atoms with Crippen molar-refractivity contribution in [1.29, 1.82) is 0 Å². The molecular formula is C22H29FN4O3. The zero-order valence-electron chi connectivity index (χ0n) is 17.1. The Morgan fingerprint density at radius 2 is 1.90 bits per heavy atom. The van der Waals surface area contributed by atoms with Gasteiger partial charge in [0.2, 0.25) is 5.43 Å². The van der Waals surface area contributed by atoms with Crippen molar-refractivity contribution in [3.05, 3.63) is 34.4 Å². The summed E-state index contributed by atoms with van der Waals surface area (Å²) in [6.07, 6.45) is 11.5. The second-order valence-corrected chi connectivity index (χ2v) is 8.38. The number of nitrogens with zero attached hydrogens (tertiary/aromatic N) is 2. The molecule has 7 nitrogen and oxygen atoms in total. The lowest BCUT2D eigenvalue weighted by molar-refractivity contribution is 0.305. The number of benzene rings is 1. The highest BCUT2D eigenvalue weighted by Gasteiger charge is 2.23. The normalized spacial score (nSPS) is 18.8. The van der Waals surface area contributed by atoms with E-state index in [9.17, 15) is 9.18 Å². The van der Waals surface area contributed by atoms with E-state index >= 15 is 0 Å². The van der Waals surface area contributed by atoms with Crippen molar-refractivity contribution in [1.82, 2.24) is 4.57 Å². The van der Waals surface area contributed by atoms with Crippen LogP contribution in [0.4, 0.5) is 10.1 Å². The monoisotopic (exact) mass is 416 g/mol. The summed E-state index contributed by atoms with van der Waals surface area (Å²) in [4.78, 5) is 13.0. The third-order valence-electron chi connectivity index (χ3n) is 6.28. The van der Waals surface area contributed by atoms with E-state index in [2.05, 4.69) is 10.5 Å². The van der Waals surface area contributed by atoms with Crippen LogP contribution in [0, 0.1) is 5.82 Å². The Morgan fingerprint density at radius 3 is 2.60 bits per heavy atom. The van der Waals surface area contributed by atoms with Gasteiger partial charge in [-0.1, -0.05) is 37.3 Å². The van der Waals surface area contributed by atoms with Gasteiger partial charge in [-0.3, -0.25) is 4.79 Å². The summed E-state index contributed by atoms with van der Waals surface area (Å²) in [6.45, 7) is -0.217. The molecule has 0 radical (unpaired) electrons. The molecule has 2 fully saturated rings. The summed E-state index contributed by atoms with van der Waals surface area (Å²) in [5.74, 6) is -0.495. The van der Waals surface area contributed by atoms with Gasteiger partial charge in [0, 0.05) is 12.1 Å². The van der Waals surface area contributed by atoms with Crippen LogP contribution in [0.5, 0.6) is 5.75 Å². The lowest BCUT2D eigenvalue weighted by atomic mass is 9.95. The average Bonchev–Trinajstić information content (AvgIpc) is 3.29. The van der Waals surface area contributed by atoms with Crippen LogP contribution >= 0.6 is 0 Å². The summed E-state index contributed by atoms with van der Waals surface area (Å²) in [6, 6.07) is 3.57. The fourth-order valence-electron chi connectivity index (χ4n) is 4.69. The van der Waals surface area contributed by atoms with Crippen molar-refractivity contribution in [2.24, 2.45) is 10.9 Å². The van der Waals surface area contributed by atoms with Gasteiger partial charge in [-0.15, -0.1) is 0 Å². The van der Waals surface area contributed by atoms with Crippen LogP contribution in [-0.2, 0) is 0 Å². The number of fused-ring (bicyclic) bond motifs is 1. The Hall–Kier alpha value is -2.77. The highest BCUT2D eigenvalue weighted by atomic mass is 19.1. The van der Waals surface area contributed by atoms with Crippen LogP contribution in [-0.4, -0.2) is 28.3 Å². The van der Waals surface area contributed by atoms with Crippen LogP contribution in [0.1, 0.15) is 63.8 Å². The molecule has 2 aliphatic rings. The van der Waals surface area contributed by atoms with Gasteiger partial charge < -0.3 is 25.6 Å². The molecule has 0 amide bonds. The largest absolute Gasteiger partial charge is 0.480 e. The lowest BCUT2D eigenvalue weighted by Crippen LogP contribution is -2.25. The minimum absolute atomic E-state index is 0.0772. The number of rotatable bonds is 6. The zero-order chi connectivity index (χ0) is 21.1. The van der Waals surface area contributed by atoms with Gasteiger partial charge in [0.1, 0.15) is 12.4 Å². The lowest BCUT2D eigenvalue weighted by Gasteiger charge is -2.25. The van der Waals surface area contributed by atoms with E-state index in [0.29, 0.717) is 11.2 Å². The quantitative estimate of drug-likeness (QED) is 0.284. The van der Waals surface area contributed by atoms with Crippen molar-refractivity contribution in [3.8, 4) is 5.75 Å². The molecule has 0 atom stereocenters. The minimum Gasteiger partial charge on any atom is -0.480 e. The molecule has 0 saturated heterocycles. The topological polar surface area (TPSA) is 102 Å².